The number of aromatic amines is 1. The van der Waals surface area contributed by atoms with Gasteiger partial charge in [0.1, 0.15) is 0 Å². The molecule has 132 valence electrons. The molecule has 0 amide bonds. The number of rotatable bonds is 4. The third kappa shape index (κ3) is 3.14. The van der Waals surface area contributed by atoms with Gasteiger partial charge in [-0.1, -0.05) is 35.9 Å². The summed E-state index contributed by atoms with van der Waals surface area (Å²) in [5.41, 5.74) is 5.41. The molecule has 0 fully saturated rings. The third-order valence-corrected chi connectivity index (χ3v) is 5.09. The van der Waals surface area contributed by atoms with Crippen molar-refractivity contribution >= 4 is 28.1 Å². The van der Waals surface area contributed by atoms with Crippen molar-refractivity contribution in [3.05, 3.63) is 82.7 Å². The summed E-state index contributed by atoms with van der Waals surface area (Å²) in [4.78, 5) is 2.12. The fourth-order valence-electron chi connectivity index (χ4n) is 3.39. The molecule has 1 aliphatic heterocycles. The summed E-state index contributed by atoms with van der Waals surface area (Å²) in [5, 5.41) is 19.0. The van der Waals surface area contributed by atoms with Crippen LogP contribution in [0.1, 0.15) is 22.9 Å². The molecule has 1 aliphatic rings. The minimum atomic E-state index is -0.110. The third-order valence-electron chi connectivity index (χ3n) is 4.85. The van der Waals surface area contributed by atoms with Crippen LogP contribution in [0.5, 0.6) is 0 Å². The number of benzene rings is 2. The van der Waals surface area contributed by atoms with Crippen molar-refractivity contribution in [1.82, 2.24) is 15.1 Å². The Morgan fingerprint density at radius 2 is 2.15 bits per heavy atom. The summed E-state index contributed by atoms with van der Waals surface area (Å²) in [6.45, 7) is 2.79. The second-order valence-corrected chi connectivity index (χ2v) is 6.94. The Kier molecular flexibility index (Phi) is 4.53. The molecule has 0 saturated carbocycles. The first-order valence-electron chi connectivity index (χ1n) is 8.61. The molecular formula is C21H20ClN3O. The van der Waals surface area contributed by atoms with Gasteiger partial charge in [-0.05, 0) is 54.0 Å². The maximum atomic E-state index is 9.88. The fourth-order valence-corrected chi connectivity index (χ4v) is 3.59. The SMILES string of the molecule is Cc1[nH]nc2ccc(C3=CCN([C@H](CO)c4cccc(Cl)c4)C=C3)cc12. The molecule has 1 aromatic heterocycles. The van der Waals surface area contributed by atoms with Gasteiger partial charge in [0.15, 0.2) is 0 Å². The molecule has 0 bridgehead atoms. The number of aromatic nitrogens is 2. The number of hydrogen-bond acceptors (Lipinski definition) is 3. The van der Waals surface area contributed by atoms with E-state index in [4.69, 9.17) is 11.6 Å². The van der Waals surface area contributed by atoms with Crippen molar-refractivity contribution in [3.8, 4) is 0 Å². The highest BCUT2D eigenvalue weighted by Gasteiger charge is 2.19. The predicted octanol–water partition coefficient (Wildman–Crippen LogP) is 4.47. The van der Waals surface area contributed by atoms with Gasteiger partial charge in [-0.2, -0.15) is 5.10 Å². The Hall–Kier alpha value is -2.56. The molecule has 4 rings (SSSR count). The lowest BCUT2D eigenvalue weighted by molar-refractivity contribution is 0.174. The molecule has 5 heteroatoms. The molecule has 4 nitrogen and oxygen atoms in total. The highest BCUT2D eigenvalue weighted by molar-refractivity contribution is 6.30. The fraction of sp³-hybridized carbons (Fsp3) is 0.190. The van der Waals surface area contributed by atoms with Crippen LogP contribution >= 0.6 is 11.6 Å². The molecule has 0 unspecified atom stereocenters. The second kappa shape index (κ2) is 6.98. The molecule has 0 radical (unpaired) electrons. The highest BCUT2D eigenvalue weighted by atomic mass is 35.5. The predicted molar refractivity (Wildman–Crippen MR) is 106 cm³/mol. The maximum Gasteiger partial charge on any atom is 0.0924 e. The van der Waals surface area contributed by atoms with Crippen LogP contribution in [0.25, 0.3) is 16.5 Å². The zero-order valence-corrected chi connectivity index (χ0v) is 15.2. The number of halogens is 1. The summed E-state index contributed by atoms with van der Waals surface area (Å²) in [7, 11) is 0. The summed E-state index contributed by atoms with van der Waals surface area (Å²) < 4.78 is 0. The van der Waals surface area contributed by atoms with Crippen molar-refractivity contribution in [2.75, 3.05) is 13.2 Å². The Morgan fingerprint density at radius 3 is 2.88 bits per heavy atom. The number of nitrogens with zero attached hydrogens (tertiary/aromatic N) is 2. The van der Waals surface area contributed by atoms with E-state index in [9.17, 15) is 5.11 Å². The van der Waals surface area contributed by atoms with Crippen LogP contribution in [-0.2, 0) is 0 Å². The molecule has 0 aliphatic carbocycles. The van der Waals surface area contributed by atoms with E-state index >= 15 is 0 Å². The zero-order chi connectivity index (χ0) is 18.1. The van der Waals surface area contributed by atoms with Gasteiger partial charge in [-0.3, -0.25) is 5.10 Å². The lowest BCUT2D eigenvalue weighted by atomic mass is 10.00. The lowest BCUT2D eigenvalue weighted by Crippen LogP contribution is -2.28. The highest BCUT2D eigenvalue weighted by Crippen LogP contribution is 2.29. The summed E-state index contributed by atoms with van der Waals surface area (Å²) in [5.74, 6) is 0. The summed E-state index contributed by atoms with van der Waals surface area (Å²) in [6.07, 6.45) is 6.32. The average molecular weight is 366 g/mol. The number of allylic oxidation sites excluding steroid dienone is 2. The van der Waals surface area contributed by atoms with Crippen molar-refractivity contribution in [2.24, 2.45) is 0 Å². The minimum Gasteiger partial charge on any atom is -0.394 e. The summed E-state index contributed by atoms with van der Waals surface area (Å²) >= 11 is 6.10. The molecule has 2 aromatic carbocycles. The van der Waals surface area contributed by atoms with Crippen molar-refractivity contribution < 1.29 is 5.11 Å². The van der Waals surface area contributed by atoms with E-state index in [0.29, 0.717) is 5.02 Å². The molecule has 0 saturated heterocycles. The summed E-state index contributed by atoms with van der Waals surface area (Å²) in [6, 6.07) is 13.9. The van der Waals surface area contributed by atoms with Crippen LogP contribution in [-0.4, -0.2) is 33.4 Å². The van der Waals surface area contributed by atoms with Gasteiger partial charge in [0.05, 0.1) is 18.2 Å². The quantitative estimate of drug-likeness (QED) is 0.717. The molecule has 2 heterocycles. The largest absolute Gasteiger partial charge is 0.394 e. The molecule has 3 aromatic rings. The number of fused-ring (bicyclic) bond motifs is 1. The number of H-pyrrole nitrogens is 1. The normalized spacial score (nSPS) is 15.3. The first-order chi connectivity index (χ1) is 12.7. The Bertz CT molecular complexity index is 1010. The van der Waals surface area contributed by atoms with Gasteiger partial charge in [0.2, 0.25) is 0 Å². The van der Waals surface area contributed by atoms with E-state index in [1.165, 1.54) is 11.1 Å². The Morgan fingerprint density at radius 1 is 1.27 bits per heavy atom. The standard InChI is InChI=1S/C21H20ClN3O/c1-14-19-12-16(5-6-20(19)24-23-14)15-7-9-25(10-8-15)21(13-26)17-3-2-4-18(22)11-17/h2-9,11-12,21,26H,10,13H2,1H3,(H,23,24)/t21-/m1/s1. The van der Waals surface area contributed by atoms with E-state index in [0.717, 1.165) is 28.7 Å². The average Bonchev–Trinajstić information content (AvgIpc) is 3.03. The topological polar surface area (TPSA) is 52.2 Å². The van der Waals surface area contributed by atoms with Crippen LogP contribution in [0, 0.1) is 6.92 Å². The first-order valence-corrected chi connectivity index (χ1v) is 8.99. The van der Waals surface area contributed by atoms with E-state index in [2.05, 4.69) is 39.4 Å². The molecule has 2 N–H and O–H groups in total. The number of hydrogen-bond donors (Lipinski definition) is 2. The van der Waals surface area contributed by atoms with Gasteiger partial charge in [0, 0.05) is 28.8 Å². The van der Waals surface area contributed by atoms with E-state index in [1.807, 2.05) is 43.5 Å². The second-order valence-electron chi connectivity index (χ2n) is 6.51. The van der Waals surface area contributed by atoms with Gasteiger partial charge in [-0.25, -0.2) is 0 Å². The number of aliphatic hydroxyl groups excluding tert-OH is 1. The Labute approximate surface area is 157 Å². The zero-order valence-electron chi connectivity index (χ0n) is 14.5. The minimum absolute atomic E-state index is 0.0357. The maximum absolute atomic E-state index is 9.88. The number of nitrogens with one attached hydrogen (secondary N) is 1. The van der Waals surface area contributed by atoms with Gasteiger partial charge in [0.25, 0.3) is 0 Å². The lowest BCUT2D eigenvalue weighted by Gasteiger charge is -2.31. The van der Waals surface area contributed by atoms with Crippen LogP contribution in [0.2, 0.25) is 5.02 Å². The Balaban J connectivity index is 1.57. The first kappa shape index (κ1) is 16.9. The van der Waals surface area contributed by atoms with Crippen LogP contribution in [0.15, 0.2) is 60.8 Å². The van der Waals surface area contributed by atoms with E-state index in [1.54, 1.807) is 0 Å². The van der Waals surface area contributed by atoms with E-state index in [-0.39, 0.29) is 12.6 Å². The monoisotopic (exact) mass is 365 g/mol. The molecule has 0 spiro atoms. The smallest absolute Gasteiger partial charge is 0.0924 e. The van der Waals surface area contributed by atoms with Crippen molar-refractivity contribution in [3.63, 3.8) is 0 Å². The molecule has 1 atom stereocenters. The van der Waals surface area contributed by atoms with Crippen molar-refractivity contribution in [2.45, 2.75) is 13.0 Å². The van der Waals surface area contributed by atoms with Gasteiger partial charge < -0.3 is 10.0 Å². The van der Waals surface area contributed by atoms with E-state index < -0.39 is 0 Å². The number of aryl methyl sites for hydroxylation is 1. The van der Waals surface area contributed by atoms with Gasteiger partial charge in [-0.15, -0.1) is 0 Å². The van der Waals surface area contributed by atoms with Crippen LogP contribution in [0.4, 0.5) is 0 Å². The van der Waals surface area contributed by atoms with Crippen LogP contribution < -0.4 is 0 Å². The molecular weight excluding hydrogens is 346 g/mol. The van der Waals surface area contributed by atoms with Crippen molar-refractivity contribution in [1.29, 1.82) is 0 Å². The number of aliphatic hydroxyl groups is 1. The van der Waals surface area contributed by atoms with Crippen LogP contribution in [0.3, 0.4) is 0 Å². The van der Waals surface area contributed by atoms with Gasteiger partial charge >= 0.3 is 0 Å². The molecule has 26 heavy (non-hydrogen) atoms.